The van der Waals surface area contributed by atoms with Crippen LogP contribution in [-0.2, 0) is 0 Å². The largest absolute Gasteiger partial charge is 0.317 e. The second-order valence-corrected chi connectivity index (χ2v) is 4.02. The van der Waals surface area contributed by atoms with Gasteiger partial charge in [0.25, 0.3) is 0 Å². The summed E-state index contributed by atoms with van der Waals surface area (Å²) < 4.78 is 0. The number of hydrogen-bond donors (Lipinski definition) is 1. The molecule has 1 heteroatoms. The maximum absolute atomic E-state index is 3.32. The first kappa shape index (κ1) is 9.96. The summed E-state index contributed by atoms with van der Waals surface area (Å²) in [7, 11) is 0. The van der Waals surface area contributed by atoms with E-state index in [2.05, 4.69) is 33.0 Å². The smallest absolute Gasteiger partial charge is 0.00488 e. The fourth-order valence-corrected chi connectivity index (χ4v) is 0.920. The molecule has 0 aliphatic rings. The summed E-state index contributed by atoms with van der Waals surface area (Å²) in [4.78, 5) is 0. The molecular formula is C9H21N. The molecule has 0 aromatic carbocycles. The number of rotatable bonds is 4. The molecule has 0 radical (unpaired) electrons. The summed E-state index contributed by atoms with van der Waals surface area (Å²) >= 11 is 0. The lowest BCUT2D eigenvalue weighted by Crippen LogP contribution is -2.16. The van der Waals surface area contributed by atoms with Crippen molar-refractivity contribution in [2.24, 2.45) is 5.41 Å². The second kappa shape index (κ2) is 4.73. The molecule has 0 fully saturated rings. The van der Waals surface area contributed by atoms with Gasteiger partial charge in [0.1, 0.15) is 0 Å². The third kappa shape index (κ3) is 7.96. The predicted octanol–water partition coefficient (Wildman–Crippen LogP) is 2.42. The van der Waals surface area contributed by atoms with Crippen molar-refractivity contribution in [3.8, 4) is 0 Å². The van der Waals surface area contributed by atoms with Crippen molar-refractivity contribution in [2.45, 2.75) is 40.5 Å². The molecule has 0 aromatic rings. The molecule has 0 atom stereocenters. The molecule has 0 aliphatic heterocycles. The van der Waals surface area contributed by atoms with Crippen LogP contribution in [-0.4, -0.2) is 13.1 Å². The highest BCUT2D eigenvalue weighted by molar-refractivity contribution is 4.61. The Balaban J connectivity index is 3.04. The van der Waals surface area contributed by atoms with E-state index in [1.807, 2.05) is 0 Å². The number of hydrogen-bond acceptors (Lipinski definition) is 1. The summed E-state index contributed by atoms with van der Waals surface area (Å²) in [5, 5.41) is 3.32. The minimum Gasteiger partial charge on any atom is -0.317 e. The molecule has 62 valence electrons. The van der Waals surface area contributed by atoms with E-state index in [1.165, 1.54) is 19.4 Å². The molecule has 0 bridgehead atoms. The Morgan fingerprint density at radius 3 is 2.20 bits per heavy atom. The Morgan fingerprint density at radius 1 is 1.20 bits per heavy atom. The van der Waals surface area contributed by atoms with E-state index in [1.54, 1.807) is 0 Å². The van der Waals surface area contributed by atoms with Crippen molar-refractivity contribution in [1.29, 1.82) is 0 Å². The molecular weight excluding hydrogens is 122 g/mol. The zero-order chi connectivity index (χ0) is 8.04. The van der Waals surface area contributed by atoms with Gasteiger partial charge in [0.15, 0.2) is 0 Å². The van der Waals surface area contributed by atoms with E-state index in [0.29, 0.717) is 5.41 Å². The van der Waals surface area contributed by atoms with Crippen molar-refractivity contribution >= 4 is 0 Å². The molecule has 0 saturated carbocycles. The first-order valence-corrected chi connectivity index (χ1v) is 4.27. The van der Waals surface area contributed by atoms with Gasteiger partial charge in [-0.2, -0.15) is 0 Å². The van der Waals surface area contributed by atoms with E-state index in [-0.39, 0.29) is 0 Å². The first-order chi connectivity index (χ1) is 4.56. The zero-order valence-corrected chi connectivity index (χ0v) is 7.83. The third-order valence-corrected chi connectivity index (χ3v) is 1.53. The molecule has 0 aliphatic carbocycles. The van der Waals surface area contributed by atoms with Gasteiger partial charge in [0.2, 0.25) is 0 Å². The maximum Gasteiger partial charge on any atom is -0.00488 e. The van der Waals surface area contributed by atoms with Gasteiger partial charge in [-0.15, -0.1) is 0 Å². The molecule has 0 saturated heterocycles. The maximum atomic E-state index is 3.32. The van der Waals surface area contributed by atoms with Crippen LogP contribution in [0, 0.1) is 5.41 Å². The summed E-state index contributed by atoms with van der Waals surface area (Å²) in [5.74, 6) is 0. The Hall–Kier alpha value is -0.0400. The molecule has 0 heterocycles. The van der Waals surface area contributed by atoms with E-state index in [9.17, 15) is 0 Å². The van der Waals surface area contributed by atoms with Crippen LogP contribution < -0.4 is 5.32 Å². The fraction of sp³-hybridized carbons (Fsp3) is 1.00. The second-order valence-electron chi connectivity index (χ2n) is 4.02. The van der Waals surface area contributed by atoms with Gasteiger partial charge >= 0.3 is 0 Å². The number of nitrogens with one attached hydrogen (secondary N) is 1. The summed E-state index contributed by atoms with van der Waals surface area (Å²) in [6.07, 6.45) is 2.62. The van der Waals surface area contributed by atoms with Crippen LogP contribution in [0.2, 0.25) is 0 Å². The monoisotopic (exact) mass is 143 g/mol. The van der Waals surface area contributed by atoms with Crippen LogP contribution in [0.4, 0.5) is 0 Å². The summed E-state index contributed by atoms with van der Waals surface area (Å²) in [5.41, 5.74) is 0.509. The third-order valence-electron chi connectivity index (χ3n) is 1.53. The van der Waals surface area contributed by atoms with Gasteiger partial charge in [0, 0.05) is 0 Å². The molecule has 1 nitrogen and oxygen atoms in total. The van der Waals surface area contributed by atoms with Gasteiger partial charge in [0.05, 0.1) is 0 Å². The Bertz CT molecular complexity index is 71.3. The molecule has 0 spiro atoms. The minimum atomic E-state index is 0.509. The van der Waals surface area contributed by atoms with Crippen LogP contribution in [0.15, 0.2) is 0 Å². The van der Waals surface area contributed by atoms with E-state index in [0.717, 1.165) is 6.54 Å². The van der Waals surface area contributed by atoms with Gasteiger partial charge in [-0.25, -0.2) is 0 Å². The van der Waals surface area contributed by atoms with Crippen molar-refractivity contribution in [2.75, 3.05) is 13.1 Å². The van der Waals surface area contributed by atoms with Crippen LogP contribution >= 0.6 is 0 Å². The lowest BCUT2D eigenvalue weighted by Gasteiger charge is -2.17. The first-order valence-electron chi connectivity index (χ1n) is 4.27. The Kier molecular flexibility index (Phi) is 4.71. The molecule has 0 aromatic heterocycles. The quantitative estimate of drug-likeness (QED) is 0.596. The molecule has 0 rings (SSSR count). The highest BCUT2D eigenvalue weighted by Crippen LogP contribution is 2.19. The minimum absolute atomic E-state index is 0.509. The topological polar surface area (TPSA) is 12.0 Å². The predicted molar refractivity (Wildman–Crippen MR) is 47.2 cm³/mol. The van der Waals surface area contributed by atoms with Crippen LogP contribution in [0.5, 0.6) is 0 Å². The fourth-order valence-electron chi connectivity index (χ4n) is 0.920. The van der Waals surface area contributed by atoms with Crippen molar-refractivity contribution in [1.82, 2.24) is 5.32 Å². The van der Waals surface area contributed by atoms with Gasteiger partial charge < -0.3 is 5.32 Å². The highest BCUT2D eigenvalue weighted by atomic mass is 14.8. The van der Waals surface area contributed by atoms with Crippen molar-refractivity contribution in [3.63, 3.8) is 0 Å². The van der Waals surface area contributed by atoms with E-state index >= 15 is 0 Å². The van der Waals surface area contributed by atoms with Gasteiger partial charge in [-0.3, -0.25) is 0 Å². The Labute approximate surface area is 65.2 Å². The average Bonchev–Trinajstić information content (AvgIpc) is 1.78. The Morgan fingerprint density at radius 2 is 1.80 bits per heavy atom. The zero-order valence-electron chi connectivity index (χ0n) is 7.83. The molecule has 0 unspecified atom stereocenters. The summed E-state index contributed by atoms with van der Waals surface area (Å²) in [6.45, 7) is 11.3. The van der Waals surface area contributed by atoms with Gasteiger partial charge in [-0.05, 0) is 31.3 Å². The highest BCUT2D eigenvalue weighted by Gasteiger charge is 2.07. The van der Waals surface area contributed by atoms with Crippen LogP contribution in [0.1, 0.15) is 40.5 Å². The SMILES string of the molecule is CCNCCCC(C)(C)C. The lowest BCUT2D eigenvalue weighted by atomic mass is 9.91. The normalized spacial score (nSPS) is 12.0. The van der Waals surface area contributed by atoms with Crippen molar-refractivity contribution in [3.05, 3.63) is 0 Å². The van der Waals surface area contributed by atoms with Crippen molar-refractivity contribution < 1.29 is 0 Å². The molecule has 1 N–H and O–H groups in total. The van der Waals surface area contributed by atoms with Crippen LogP contribution in [0.3, 0.4) is 0 Å². The van der Waals surface area contributed by atoms with Crippen LogP contribution in [0.25, 0.3) is 0 Å². The van der Waals surface area contributed by atoms with Gasteiger partial charge in [-0.1, -0.05) is 27.7 Å². The lowest BCUT2D eigenvalue weighted by molar-refractivity contribution is 0.362. The standard InChI is InChI=1S/C9H21N/c1-5-10-8-6-7-9(2,3)4/h10H,5-8H2,1-4H3. The summed E-state index contributed by atoms with van der Waals surface area (Å²) in [6, 6.07) is 0. The van der Waals surface area contributed by atoms with E-state index < -0.39 is 0 Å². The molecule has 10 heavy (non-hydrogen) atoms. The average molecular weight is 143 g/mol. The molecule has 0 amide bonds. The van der Waals surface area contributed by atoms with E-state index in [4.69, 9.17) is 0 Å².